The second kappa shape index (κ2) is 6.05. The standard InChI is InChI=1S/C16H15FN2/c1-12(14-6-4-3-5-7-14)18-19-13(2)15-8-10-16(17)11-9-15/h3-11H,1-2H3/b18-12+,19-13+. The summed E-state index contributed by atoms with van der Waals surface area (Å²) in [4.78, 5) is 0. The minimum Gasteiger partial charge on any atom is -0.207 e. The Balaban J connectivity index is 2.20. The van der Waals surface area contributed by atoms with Gasteiger partial charge in [-0.2, -0.15) is 10.2 Å². The Morgan fingerprint density at radius 2 is 1.21 bits per heavy atom. The first-order valence-corrected chi connectivity index (χ1v) is 6.07. The van der Waals surface area contributed by atoms with E-state index in [0.717, 1.165) is 22.6 Å². The molecular formula is C16H15FN2. The topological polar surface area (TPSA) is 24.7 Å². The molecule has 0 radical (unpaired) electrons. The third-order valence-electron chi connectivity index (χ3n) is 2.80. The van der Waals surface area contributed by atoms with E-state index in [1.165, 1.54) is 12.1 Å². The van der Waals surface area contributed by atoms with E-state index >= 15 is 0 Å². The molecule has 0 unspecified atom stereocenters. The molecule has 0 bridgehead atoms. The molecule has 0 saturated heterocycles. The van der Waals surface area contributed by atoms with Crippen molar-refractivity contribution in [2.24, 2.45) is 10.2 Å². The molecule has 2 nitrogen and oxygen atoms in total. The summed E-state index contributed by atoms with van der Waals surface area (Å²) in [5, 5.41) is 8.39. The molecule has 0 amide bonds. The van der Waals surface area contributed by atoms with Crippen LogP contribution in [0.1, 0.15) is 25.0 Å². The van der Waals surface area contributed by atoms with E-state index in [-0.39, 0.29) is 5.82 Å². The molecule has 96 valence electrons. The van der Waals surface area contributed by atoms with Crippen molar-refractivity contribution in [1.29, 1.82) is 0 Å². The monoisotopic (exact) mass is 254 g/mol. The van der Waals surface area contributed by atoms with E-state index < -0.39 is 0 Å². The molecule has 0 saturated carbocycles. The predicted molar refractivity (Wildman–Crippen MR) is 77.3 cm³/mol. The maximum atomic E-state index is 12.8. The number of halogens is 1. The van der Waals surface area contributed by atoms with E-state index in [0.29, 0.717) is 0 Å². The SMILES string of the molecule is C/C(=N\N=C(/C)c1ccc(F)cc1)c1ccccc1. The van der Waals surface area contributed by atoms with Crippen molar-refractivity contribution in [3.63, 3.8) is 0 Å². The third-order valence-corrected chi connectivity index (χ3v) is 2.80. The average molecular weight is 254 g/mol. The molecule has 0 aromatic heterocycles. The van der Waals surface area contributed by atoms with Crippen LogP contribution in [-0.4, -0.2) is 11.4 Å². The smallest absolute Gasteiger partial charge is 0.123 e. The fraction of sp³-hybridized carbons (Fsp3) is 0.125. The van der Waals surface area contributed by atoms with Gasteiger partial charge in [-0.1, -0.05) is 42.5 Å². The van der Waals surface area contributed by atoms with Gasteiger partial charge in [0.15, 0.2) is 0 Å². The van der Waals surface area contributed by atoms with Gasteiger partial charge in [0.2, 0.25) is 0 Å². The first kappa shape index (κ1) is 13.1. The van der Waals surface area contributed by atoms with E-state index in [2.05, 4.69) is 10.2 Å². The third kappa shape index (κ3) is 3.58. The zero-order valence-electron chi connectivity index (χ0n) is 11.0. The predicted octanol–water partition coefficient (Wildman–Crippen LogP) is 4.06. The van der Waals surface area contributed by atoms with Crippen LogP contribution in [-0.2, 0) is 0 Å². The van der Waals surface area contributed by atoms with E-state index in [1.807, 2.05) is 44.2 Å². The lowest BCUT2D eigenvalue weighted by molar-refractivity contribution is 0.628. The number of hydrogen-bond acceptors (Lipinski definition) is 2. The van der Waals surface area contributed by atoms with Crippen molar-refractivity contribution in [1.82, 2.24) is 0 Å². The molecule has 3 heteroatoms. The van der Waals surface area contributed by atoms with Gasteiger partial charge in [-0.05, 0) is 37.1 Å². The van der Waals surface area contributed by atoms with Crippen LogP contribution in [0.4, 0.5) is 4.39 Å². The molecular weight excluding hydrogens is 239 g/mol. The number of rotatable bonds is 3. The van der Waals surface area contributed by atoms with Gasteiger partial charge >= 0.3 is 0 Å². The summed E-state index contributed by atoms with van der Waals surface area (Å²) in [7, 11) is 0. The van der Waals surface area contributed by atoms with Crippen LogP contribution >= 0.6 is 0 Å². The largest absolute Gasteiger partial charge is 0.207 e. The summed E-state index contributed by atoms with van der Waals surface area (Å²) >= 11 is 0. The lowest BCUT2D eigenvalue weighted by Gasteiger charge is -2.00. The molecule has 2 aromatic rings. The van der Waals surface area contributed by atoms with Gasteiger partial charge in [0.05, 0.1) is 11.4 Å². The highest BCUT2D eigenvalue weighted by atomic mass is 19.1. The van der Waals surface area contributed by atoms with Gasteiger partial charge in [-0.3, -0.25) is 0 Å². The minimum absolute atomic E-state index is 0.250. The molecule has 0 aliphatic rings. The van der Waals surface area contributed by atoms with Gasteiger partial charge < -0.3 is 0 Å². The summed E-state index contributed by atoms with van der Waals surface area (Å²) in [5.74, 6) is -0.250. The summed E-state index contributed by atoms with van der Waals surface area (Å²) in [6.45, 7) is 3.77. The Hall–Kier alpha value is -2.29. The van der Waals surface area contributed by atoms with Crippen molar-refractivity contribution in [2.45, 2.75) is 13.8 Å². The molecule has 0 atom stereocenters. The number of nitrogens with zero attached hydrogens (tertiary/aromatic N) is 2. The van der Waals surface area contributed by atoms with Gasteiger partial charge in [0, 0.05) is 0 Å². The van der Waals surface area contributed by atoms with E-state index in [4.69, 9.17) is 0 Å². The fourth-order valence-corrected chi connectivity index (χ4v) is 1.64. The zero-order valence-corrected chi connectivity index (χ0v) is 11.0. The lowest BCUT2D eigenvalue weighted by atomic mass is 10.1. The highest BCUT2D eigenvalue weighted by molar-refractivity contribution is 6.01. The Morgan fingerprint density at radius 3 is 1.74 bits per heavy atom. The van der Waals surface area contributed by atoms with Gasteiger partial charge in [0.25, 0.3) is 0 Å². The van der Waals surface area contributed by atoms with Crippen molar-refractivity contribution >= 4 is 11.4 Å². The van der Waals surface area contributed by atoms with Crippen LogP contribution < -0.4 is 0 Å². The van der Waals surface area contributed by atoms with Gasteiger partial charge in [-0.15, -0.1) is 0 Å². The van der Waals surface area contributed by atoms with Crippen LogP contribution in [0.25, 0.3) is 0 Å². The average Bonchev–Trinajstić information content (AvgIpc) is 2.46. The summed E-state index contributed by atoms with van der Waals surface area (Å²) < 4.78 is 12.8. The molecule has 0 aliphatic heterocycles. The maximum absolute atomic E-state index is 12.8. The molecule has 0 heterocycles. The second-order valence-electron chi connectivity index (χ2n) is 4.24. The highest BCUT2D eigenvalue weighted by Crippen LogP contribution is 2.06. The Labute approximate surface area is 112 Å². The molecule has 0 aliphatic carbocycles. The fourth-order valence-electron chi connectivity index (χ4n) is 1.64. The summed E-state index contributed by atoms with van der Waals surface area (Å²) in [5.41, 5.74) is 3.52. The van der Waals surface area contributed by atoms with Gasteiger partial charge in [0.1, 0.15) is 5.82 Å². The first-order valence-electron chi connectivity index (χ1n) is 6.07. The van der Waals surface area contributed by atoms with Crippen molar-refractivity contribution in [2.75, 3.05) is 0 Å². The number of hydrogen-bond donors (Lipinski definition) is 0. The van der Waals surface area contributed by atoms with Crippen molar-refractivity contribution in [3.8, 4) is 0 Å². The van der Waals surface area contributed by atoms with Crippen LogP contribution in [0.5, 0.6) is 0 Å². The lowest BCUT2D eigenvalue weighted by Crippen LogP contribution is -1.96. The van der Waals surface area contributed by atoms with E-state index in [1.54, 1.807) is 12.1 Å². The highest BCUT2D eigenvalue weighted by Gasteiger charge is 1.98. The molecule has 0 N–H and O–H groups in total. The Kier molecular flexibility index (Phi) is 4.18. The normalized spacial score (nSPS) is 12.6. The molecule has 2 rings (SSSR count). The summed E-state index contributed by atoms with van der Waals surface area (Å²) in [6.07, 6.45) is 0. The maximum Gasteiger partial charge on any atom is 0.123 e. The van der Waals surface area contributed by atoms with Crippen molar-refractivity contribution in [3.05, 3.63) is 71.5 Å². The van der Waals surface area contributed by atoms with Crippen LogP contribution in [0.3, 0.4) is 0 Å². The molecule has 0 spiro atoms. The summed E-state index contributed by atoms with van der Waals surface area (Å²) in [6, 6.07) is 16.1. The van der Waals surface area contributed by atoms with Crippen LogP contribution in [0, 0.1) is 5.82 Å². The van der Waals surface area contributed by atoms with Crippen LogP contribution in [0.15, 0.2) is 64.8 Å². The second-order valence-corrected chi connectivity index (χ2v) is 4.24. The quantitative estimate of drug-likeness (QED) is 0.583. The number of benzene rings is 2. The first-order chi connectivity index (χ1) is 9.16. The molecule has 2 aromatic carbocycles. The zero-order chi connectivity index (χ0) is 13.7. The molecule has 19 heavy (non-hydrogen) atoms. The Morgan fingerprint density at radius 1 is 0.737 bits per heavy atom. The molecule has 0 fully saturated rings. The van der Waals surface area contributed by atoms with E-state index in [9.17, 15) is 4.39 Å². The Bertz CT molecular complexity index is 598. The minimum atomic E-state index is -0.250. The van der Waals surface area contributed by atoms with Crippen LogP contribution in [0.2, 0.25) is 0 Å². The van der Waals surface area contributed by atoms with Gasteiger partial charge in [-0.25, -0.2) is 4.39 Å². The van der Waals surface area contributed by atoms with Crippen molar-refractivity contribution < 1.29 is 4.39 Å².